The highest BCUT2D eigenvalue weighted by atomic mass is 19.1. The van der Waals surface area contributed by atoms with Crippen LogP contribution in [0.2, 0.25) is 0 Å². The molecule has 0 radical (unpaired) electrons. The van der Waals surface area contributed by atoms with Gasteiger partial charge >= 0.3 is 0 Å². The predicted octanol–water partition coefficient (Wildman–Crippen LogP) is 2.54. The standard InChI is InChI=1S/C19H19FN2O2/c20-17-9-5-4-6-14(17)10-11-21-19(24)15-12-18(23)22(13-15)16-7-2-1-3-8-16/h1-9,15H,10-13H2,(H,21,24)/t15-/m0/s1. The van der Waals surface area contributed by atoms with E-state index in [0.29, 0.717) is 25.1 Å². The van der Waals surface area contributed by atoms with Crippen molar-refractivity contribution in [1.29, 1.82) is 0 Å². The average Bonchev–Trinajstić information content (AvgIpc) is 2.99. The second-order valence-corrected chi connectivity index (χ2v) is 5.87. The number of para-hydroxylation sites is 1. The lowest BCUT2D eigenvalue weighted by molar-refractivity contribution is -0.126. The van der Waals surface area contributed by atoms with Gasteiger partial charge in [-0.1, -0.05) is 36.4 Å². The molecular formula is C19H19FN2O2. The molecule has 2 aromatic carbocycles. The Balaban J connectivity index is 1.53. The van der Waals surface area contributed by atoms with E-state index < -0.39 is 0 Å². The zero-order valence-corrected chi connectivity index (χ0v) is 13.2. The minimum absolute atomic E-state index is 0.0459. The highest BCUT2D eigenvalue weighted by Crippen LogP contribution is 2.24. The van der Waals surface area contributed by atoms with E-state index in [0.717, 1.165) is 5.69 Å². The van der Waals surface area contributed by atoms with Crippen molar-refractivity contribution in [2.45, 2.75) is 12.8 Å². The summed E-state index contributed by atoms with van der Waals surface area (Å²) in [6.45, 7) is 0.740. The highest BCUT2D eigenvalue weighted by Gasteiger charge is 2.34. The number of carbonyl (C=O) groups is 2. The molecule has 1 atom stereocenters. The first kappa shape index (κ1) is 16.2. The Morgan fingerprint density at radius 2 is 1.83 bits per heavy atom. The van der Waals surface area contributed by atoms with Gasteiger partial charge in [-0.2, -0.15) is 0 Å². The topological polar surface area (TPSA) is 49.4 Å². The maximum Gasteiger partial charge on any atom is 0.227 e. The van der Waals surface area contributed by atoms with E-state index in [4.69, 9.17) is 0 Å². The number of hydrogen-bond acceptors (Lipinski definition) is 2. The molecule has 1 fully saturated rings. The molecule has 3 rings (SSSR count). The fraction of sp³-hybridized carbons (Fsp3) is 0.263. The van der Waals surface area contributed by atoms with E-state index in [9.17, 15) is 14.0 Å². The van der Waals surface area contributed by atoms with Crippen LogP contribution in [-0.4, -0.2) is 24.9 Å². The lowest BCUT2D eigenvalue weighted by atomic mass is 10.1. The third-order valence-electron chi connectivity index (χ3n) is 4.22. The van der Waals surface area contributed by atoms with Crippen LogP contribution >= 0.6 is 0 Å². The molecule has 5 heteroatoms. The third kappa shape index (κ3) is 3.62. The summed E-state index contributed by atoms with van der Waals surface area (Å²) in [7, 11) is 0. The van der Waals surface area contributed by atoms with Crippen molar-refractivity contribution in [3.05, 3.63) is 66.0 Å². The van der Waals surface area contributed by atoms with Gasteiger partial charge in [-0.3, -0.25) is 9.59 Å². The number of benzene rings is 2. The van der Waals surface area contributed by atoms with Gasteiger partial charge in [0.2, 0.25) is 11.8 Å². The summed E-state index contributed by atoms with van der Waals surface area (Å²) in [6, 6.07) is 15.9. The fourth-order valence-corrected chi connectivity index (χ4v) is 2.91. The van der Waals surface area contributed by atoms with Crippen molar-refractivity contribution in [2.75, 3.05) is 18.0 Å². The third-order valence-corrected chi connectivity index (χ3v) is 4.22. The summed E-state index contributed by atoms with van der Waals surface area (Å²) < 4.78 is 13.5. The Hall–Kier alpha value is -2.69. The van der Waals surface area contributed by atoms with Crippen LogP contribution in [0.5, 0.6) is 0 Å². The first-order valence-corrected chi connectivity index (χ1v) is 8.01. The van der Waals surface area contributed by atoms with Crippen LogP contribution in [0.1, 0.15) is 12.0 Å². The molecule has 0 unspecified atom stereocenters. The minimum atomic E-state index is -0.363. The van der Waals surface area contributed by atoms with Crippen molar-refractivity contribution in [3.63, 3.8) is 0 Å². The molecule has 4 nitrogen and oxygen atoms in total. The molecule has 0 spiro atoms. The van der Waals surface area contributed by atoms with Gasteiger partial charge < -0.3 is 10.2 Å². The maximum absolute atomic E-state index is 13.5. The predicted molar refractivity (Wildman–Crippen MR) is 90.0 cm³/mol. The van der Waals surface area contributed by atoms with Gasteiger partial charge in [-0.05, 0) is 30.2 Å². The van der Waals surface area contributed by atoms with Crippen LogP contribution in [0.3, 0.4) is 0 Å². The minimum Gasteiger partial charge on any atom is -0.355 e. The Bertz CT molecular complexity index is 733. The van der Waals surface area contributed by atoms with Gasteiger partial charge in [0, 0.05) is 25.2 Å². The molecule has 0 aliphatic carbocycles. The molecular weight excluding hydrogens is 307 g/mol. The zero-order chi connectivity index (χ0) is 16.9. The van der Waals surface area contributed by atoms with Crippen molar-refractivity contribution in [2.24, 2.45) is 5.92 Å². The quantitative estimate of drug-likeness (QED) is 0.918. The van der Waals surface area contributed by atoms with Crippen LogP contribution in [-0.2, 0) is 16.0 Å². The van der Waals surface area contributed by atoms with E-state index in [1.165, 1.54) is 6.07 Å². The normalized spacial score (nSPS) is 17.1. The second kappa shape index (κ2) is 7.25. The number of carbonyl (C=O) groups excluding carboxylic acids is 2. The van der Waals surface area contributed by atoms with Crippen molar-refractivity contribution >= 4 is 17.5 Å². The van der Waals surface area contributed by atoms with E-state index in [1.807, 2.05) is 30.3 Å². The summed E-state index contributed by atoms with van der Waals surface area (Å²) in [4.78, 5) is 26.0. The molecule has 124 valence electrons. The van der Waals surface area contributed by atoms with Gasteiger partial charge in [-0.15, -0.1) is 0 Å². The van der Waals surface area contributed by atoms with Gasteiger partial charge in [0.1, 0.15) is 5.82 Å². The smallest absolute Gasteiger partial charge is 0.227 e. The average molecular weight is 326 g/mol. The highest BCUT2D eigenvalue weighted by molar-refractivity contribution is 6.00. The Morgan fingerprint density at radius 3 is 2.58 bits per heavy atom. The maximum atomic E-state index is 13.5. The van der Waals surface area contributed by atoms with E-state index in [1.54, 1.807) is 23.1 Å². The Labute approximate surface area is 140 Å². The lowest BCUT2D eigenvalue weighted by Crippen LogP contribution is -2.34. The van der Waals surface area contributed by atoms with Gasteiger partial charge in [-0.25, -0.2) is 4.39 Å². The summed E-state index contributed by atoms with van der Waals surface area (Å²) in [6.07, 6.45) is 0.641. The number of nitrogens with zero attached hydrogens (tertiary/aromatic N) is 1. The van der Waals surface area contributed by atoms with Crippen LogP contribution in [0, 0.1) is 11.7 Å². The molecule has 0 saturated carbocycles. The fourth-order valence-electron chi connectivity index (χ4n) is 2.91. The monoisotopic (exact) mass is 326 g/mol. The Kier molecular flexibility index (Phi) is 4.89. The summed E-state index contributed by atoms with van der Waals surface area (Å²) >= 11 is 0. The molecule has 1 aliphatic rings. The number of amides is 2. The van der Waals surface area contributed by atoms with Crippen LogP contribution < -0.4 is 10.2 Å². The van der Waals surface area contributed by atoms with E-state index >= 15 is 0 Å². The van der Waals surface area contributed by atoms with Crippen LogP contribution in [0.15, 0.2) is 54.6 Å². The molecule has 2 amide bonds. The molecule has 2 aromatic rings. The molecule has 0 bridgehead atoms. The van der Waals surface area contributed by atoms with Gasteiger partial charge in [0.25, 0.3) is 0 Å². The molecule has 1 aliphatic heterocycles. The van der Waals surface area contributed by atoms with Crippen LogP contribution in [0.25, 0.3) is 0 Å². The van der Waals surface area contributed by atoms with Crippen LogP contribution in [0.4, 0.5) is 10.1 Å². The first-order valence-electron chi connectivity index (χ1n) is 8.01. The van der Waals surface area contributed by atoms with E-state index in [2.05, 4.69) is 5.32 Å². The molecule has 1 N–H and O–H groups in total. The van der Waals surface area contributed by atoms with Crippen molar-refractivity contribution < 1.29 is 14.0 Å². The number of nitrogens with one attached hydrogen (secondary N) is 1. The van der Waals surface area contributed by atoms with E-state index in [-0.39, 0.29) is 30.0 Å². The van der Waals surface area contributed by atoms with Crippen molar-refractivity contribution in [1.82, 2.24) is 5.32 Å². The van der Waals surface area contributed by atoms with Gasteiger partial charge in [0.15, 0.2) is 0 Å². The number of rotatable bonds is 5. The summed E-state index contributed by atoms with van der Waals surface area (Å²) in [5.74, 6) is -0.829. The summed E-state index contributed by atoms with van der Waals surface area (Å²) in [5, 5.41) is 2.81. The van der Waals surface area contributed by atoms with Gasteiger partial charge in [0.05, 0.1) is 5.92 Å². The Morgan fingerprint density at radius 1 is 1.12 bits per heavy atom. The summed E-state index contributed by atoms with van der Waals surface area (Å²) in [5.41, 5.74) is 1.38. The molecule has 1 saturated heterocycles. The zero-order valence-electron chi connectivity index (χ0n) is 13.2. The molecule has 24 heavy (non-hydrogen) atoms. The largest absolute Gasteiger partial charge is 0.355 e. The number of anilines is 1. The number of halogens is 1. The number of hydrogen-bond donors (Lipinski definition) is 1. The molecule has 0 aromatic heterocycles. The first-order chi connectivity index (χ1) is 11.6. The SMILES string of the molecule is O=C(NCCc1ccccc1F)[C@H]1CC(=O)N(c2ccccc2)C1. The molecule has 1 heterocycles. The lowest BCUT2D eigenvalue weighted by Gasteiger charge is -2.16. The second-order valence-electron chi connectivity index (χ2n) is 5.87. The van der Waals surface area contributed by atoms with Crippen molar-refractivity contribution in [3.8, 4) is 0 Å².